The largest absolute Gasteiger partial charge is 0.492 e. The summed E-state index contributed by atoms with van der Waals surface area (Å²) in [7, 11) is 0. The van der Waals surface area contributed by atoms with Crippen molar-refractivity contribution in [3.05, 3.63) is 29.6 Å². The predicted molar refractivity (Wildman–Crippen MR) is 47.2 cm³/mol. The van der Waals surface area contributed by atoms with Crippen molar-refractivity contribution in [2.45, 2.75) is 6.42 Å². The lowest BCUT2D eigenvalue weighted by Crippen LogP contribution is -2.00. The van der Waals surface area contributed by atoms with Crippen LogP contribution in [0.5, 0.6) is 5.75 Å². The fraction of sp³-hybridized carbons (Fsp3) is 0.300. The third-order valence-electron chi connectivity index (χ3n) is 1.62. The lowest BCUT2D eigenvalue weighted by molar-refractivity contribution is 0.287. The van der Waals surface area contributed by atoms with Gasteiger partial charge in [-0.25, -0.2) is 4.39 Å². The Bertz CT molecular complexity index is 346. The lowest BCUT2D eigenvalue weighted by atomic mass is 10.2. The molecule has 0 aromatic heterocycles. The quantitative estimate of drug-likeness (QED) is 0.694. The first-order valence-electron chi connectivity index (χ1n) is 4.17. The standard InChI is InChI=1S/C10H9F2NO/c11-5-2-6-14-10-4-1-3-9(12)8(10)7-13/h1,3-4H,2,5-6H2. The summed E-state index contributed by atoms with van der Waals surface area (Å²) in [5, 5.41) is 8.61. The van der Waals surface area contributed by atoms with Crippen LogP contribution in [0.2, 0.25) is 0 Å². The molecule has 0 aliphatic carbocycles. The van der Waals surface area contributed by atoms with Gasteiger partial charge < -0.3 is 4.74 Å². The minimum absolute atomic E-state index is 0.133. The molecule has 0 spiro atoms. The van der Waals surface area contributed by atoms with Crippen LogP contribution in [0.1, 0.15) is 12.0 Å². The molecule has 0 saturated heterocycles. The van der Waals surface area contributed by atoms with Gasteiger partial charge in [-0.2, -0.15) is 5.26 Å². The fourth-order valence-corrected chi connectivity index (χ4v) is 0.970. The van der Waals surface area contributed by atoms with E-state index in [0.717, 1.165) is 0 Å². The zero-order valence-electron chi connectivity index (χ0n) is 7.46. The van der Waals surface area contributed by atoms with E-state index in [1.165, 1.54) is 18.2 Å². The summed E-state index contributed by atoms with van der Waals surface area (Å²) in [6, 6.07) is 5.81. The average Bonchev–Trinajstić information content (AvgIpc) is 2.18. The summed E-state index contributed by atoms with van der Waals surface area (Å²) >= 11 is 0. The number of hydrogen-bond acceptors (Lipinski definition) is 2. The lowest BCUT2D eigenvalue weighted by Gasteiger charge is -2.06. The first kappa shape index (κ1) is 10.5. The van der Waals surface area contributed by atoms with Gasteiger partial charge in [0.15, 0.2) is 0 Å². The topological polar surface area (TPSA) is 33.0 Å². The van der Waals surface area contributed by atoms with Gasteiger partial charge in [-0.3, -0.25) is 4.39 Å². The second kappa shape index (κ2) is 5.18. The molecule has 0 N–H and O–H groups in total. The fourth-order valence-electron chi connectivity index (χ4n) is 0.970. The Morgan fingerprint density at radius 1 is 1.43 bits per heavy atom. The molecule has 0 heterocycles. The van der Waals surface area contributed by atoms with Gasteiger partial charge in [-0.1, -0.05) is 6.07 Å². The van der Waals surface area contributed by atoms with Crippen LogP contribution in [0.15, 0.2) is 18.2 Å². The normalized spacial score (nSPS) is 9.50. The highest BCUT2D eigenvalue weighted by molar-refractivity contribution is 5.43. The SMILES string of the molecule is N#Cc1c(F)cccc1OCCCF. The van der Waals surface area contributed by atoms with E-state index >= 15 is 0 Å². The maximum atomic E-state index is 13.0. The van der Waals surface area contributed by atoms with Crippen LogP contribution in [-0.4, -0.2) is 13.3 Å². The van der Waals surface area contributed by atoms with E-state index in [4.69, 9.17) is 10.00 Å². The van der Waals surface area contributed by atoms with Gasteiger partial charge in [-0.15, -0.1) is 0 Å². The third-order valence-corrected chi connectivity index (χ3v) is 1.62. The van der Waals surface area contributed by atoms with Gasteiger partial charge in [0, 0.05) is 6.42 Å². The molecule has 0 radical (unpaired) electrons. The van der Waals surface area contributed by atoms with Crippen molar-refractivity contribution in [3.8, 4) is 11.8 Å². The molecule has 0 saturated carbocycles. The van der Waals surface area contributed by atoms with Crippen LogP contribution in [0.4, 0.5) is 8.78 Å². The molecule has 0 atom stereocenters. The Morgan fingerprint density at radius 2 is 2.21 bits per heavy atom. The summed E-state index contributed by atoms with van der Waals surface area (Å²) < 4.78 is 29.8. The average molecular weight is 197 g/mol. The minimum atomic E-state index is -0.620. The van der Waals surface area contributed by atoms with Crippen molar-refractivity contribution >= 4 is 0 Å². The molecule has 2 nitrogen and oxygen atoms in total. The molecule has 0 amide bonds. The maximum absolute atomic E-state index is 13.0. The summed E-state index contributed by atoms with van der Waals surface area (Å²) in [5.74, 6) is -0.453. The van der Waals surface area contributed by atoms with E-state index < -0.39 is 12.5 Å². The molecule has 1 aromatic carbocycles. The summed E-state index contributed by atoms with van der Waals surface area (Å²) in [6.45, 7) is -0.341. The number of nitrogens with zero attached hydrogens (tertiary/aromatic N) is 1. The first-order chi connectivity index (χ1) is 6.79. The molecule has 0 bridgehead atoms. The van der Waals surface area contributed by atoms with Crippen molar-refractivity contribution in [1.82, 2.24) is 0 Å². The van der Waals surface area contributed by atoms with Crippen molar-refractivity contribution in [2.24, 2.45) is 0 Å². The van der Waals surface area contributed by atoms with Crippen LogP contribution in [0, 0.1) is 17.1 Å². The number of halogens is 2. The van der Waals surface area contributed by atoms with E-state index in [1.54, 1.807) is 6.07 Å². The van der Waals surface area contributed by atoms with Gasteiger partial charge in [0.05, 0.1) is 13.3 Å². The van der Waals surface area contributed by atoms with Gasteiger partial charge in [0.1, 0.15) is 23.2 Å². The number of nitriles is 1. The minimum Gasteiger partial charge on any atom is -0.492 e. The highest BCUT2D eigenvalue weighted by Crippen LogP contribution is 2.20. The molecule has 0 unspecified atom stereocenters. The molecule has 0 aliphatic heterocycles. The number of hydrogen-bond donors (Lipinski definition) is 0. The van der Waals surface area contributed by atoms with Crippen molar-refractivity contribution in [2.75, 3.05) is 13.3 Å². The molecule has 0 fully saturated rings. The zero-order chi connectivity index (χ0) is 10.4. The summed E-state index contributed by atoms with van der Waals surface area (Å²) in [5.41, 5.74) is -0.133. The van der Waals surface area contributed by atoms with Crippen molar-refractivity contribution < 1.29 is 13.5 Å². The number of benzene rings is 1. The van der Waals surface area contributed by atoms with Crippen LogP contribution < -0.4 is 4.74 Å². The van der Waals surface area contributed by atoms with Crippen LogP contribution in [-0.2, 0) is 0 Å². The second-order valence-electron chi connectivity index (χ2n) is 2.62. The van der Waals surface area contributed by atoms with Crippen molar-refractivity contribution in [1.29, 1.82) is 5.26 Å². The number of ether oxygens (including phenoxy) is 1. The molecular formula is C10H9F2NO. The molecule has 1 rings (SSSR count). The Morgan fingerprint density at radius 3 is 2.86 bits per heavy atom. The molecule has 74 valence electrons. The van der Waals surface area contributed by atoms with Crippen LogP contribution >= 0.6 is 0 Å². The van der Waals surface area contributed by atoms with E-state index in [2.05, 4.69) is 0 Å². The van der Waals surface area contributed by atoms with E-state index in [1.807, 2.05) is 0 Å². The van der Waals surface area contributed by atoms with E-state index in [-0.39, 0.29) is 24.3 Å². The molecule has 1 aromatic rings. The Hall–Kier alpha value is -1.63. The Kier molecular flexibility index (Phi) is 3.86. The zero-order valence-corrected chi connectivity index (χ0v) is 7.46. The van der Waals surface area contributed by atoms with E-state index in [0.29, 0.717) is 0 Å². The maximum Gasteiger partial charge on any atom is 0.144 e. The smallest absolute Gasteiger partial charge is 0.144 e. The molecule has 4 heteroatoms. The summed E-state index contributed by atoms with van der Waals surface area (Å²) in [4.78, 5) is 0. The molecule has 14 heavy (non-hydrogen) atoms. The summed E-state index contributed by atoms with van der Waals surface area (Å²) in [6.07, 6.45) is 0.237. The predicted octanol–water partition coefficient (Wildman–Crippen LogP) is 2.44. The highest BCUT2D eigenvalue weighted by Gasteiger charge is 2.07. The van der Waals surface area contributed by atoms with Gasteiger partial charge >= 0.3 is 0 Å². The van der Waals surface area contributed by atoms with Crippen LogP contribution in [0.25, 0.3) is 0 Å². The number of rotatable bonds is 4. The second-order valence-corrected chi connectivity index (χ2v) is 2.62. The Labute approximate surface area is 80.7 Å². The third kappa shape index (κ3) is 2.43. The number of alkyl halides is 1. The monoisotopic (exact) mass is 197 g/mol. The van der Waals surface area contributed by atoms with Gasteiger partial charge in [0.25, 0.3) is 0 Å². The molecule has 0 aliphatic rings. The first-order valence-corrected chi connectivity index (χ1v) is 4.17. The van der Waals surface area contributed by atoms with Crippen LogP contribution in [0.3, 0.4) is 0 Å². The van der Waals surface area contributed by atoms with E-state index in [9.17, 15) is 8.78 Å². The van der Waals surface area contributed by atoms with Gasteiger partial charge in [-0.05, 0) is 12.1 Å². The Balaban J connectivity index is 2.76. The molecular weight excluding hydrogens is 188 g/mol. The van der Waals surface area contributed by atoms with Crippen molar-refractivity contribution in [3.63, 3.8) is 0 Å². The highest BCUT2D eigenvalue weighted by atomic mass is 19.1. The van der Waals surface area contributed by atoms with Gasteiger partial charge in [0.2, 0.25) is 0 Å².